The lowest BCUT2D eigenvalue weighted by Crippen LogP contribution is -2.00. The van der Waals surface area contributed by atoms with Crippen LogP contribution in [0.1, 0.15) is 5.56 Å². The molecule has 0 saturated heterocycles. The van der Waals surface area contributed by atoms with Crippen molar-refractivity contribution in [3.63, 3.8) is 0 Å². The van der Waals surface area contributed by atoms with Gasteiger partial charge >= 0.3 is 0 Å². The number of anilines is 3. The molecule has 0 aromatic heterocycles. The summed E-state index contributed by atoms with van der Waals surface area (Å²) in [5, 5.41) is 3.87. The van der Waals surface area contributed by atoms with Gasteiger partial charge in [-0.15, -0.1) is 0 Å². The van der Waals surface area contributed by atoms with Crippen LogP contribution in [0.25, 0.3) is 0 Å². The number of rotatable bonds is 3. The zero-order valence-electron chi connectivity index (χ0n) is 9.28. The second-order valence-corrected chi connectivity index (χ2v) is 4.24. The van der Waals surface area contributed by atoms with Gasteiger partial charge in [-0.05, 0) is 35.9 Å². The Labute approximate surface area is 105 Å². The molecule has 0 amide bonds. The van der Waals surface area contributed by atoms with Crippen molar-refractivity contribution >= 4 is 28.7 Å². The van der Waals surface area contributed by atoms with Gasteiger partial charge in [0.1, 0.15) is 0 Å². The molecule has 0 spiro atoms. The molecule has 2 aromatic carbocycles. The van der Waals surface area contributed by atoms with Gasteiger partial charge in [-0.1, -0.05) is 23.7 Å². The third-order valence-electron chi connectivity index (χ3n) is 2.46. The molecule has 2 aromatic rings. The molecule has 2 rings (SSSR count). The molecule has 0 unspecified atom stereocenters. The monoisotopic (exact) mass is 247 g/mol. The number of benzene rings is 2. The molecule has 0 heterocycles. The molecule has 5 N–H and O–H groups in total. The van der Waals surface area contributed by atoms with Gasteiger partial charge in [0, 0.05) is 17.9 Å². The van der Waals surface area contributed by atoms with Crippen molar-refractivity contribution < 1.29 is 0 Å². The smallest absolute Gasteiger partial charge is 0.0658 e. The predicted octanol–water partition coefficient (Wildman–Crippen LogP) is 3.12. The zero-order valence-corrected chi connectivity index (χ0v) is 10.0. The molecular weight excluding hydrogens is 234 g/mol. The number of halogens is 1. The Balaban J connectivity index is 2.04. The van der Waals surface area contributed by atoms with Crippen molar-refractivity contribution in [1.29, 1.82) is 0 Å². The van der Waals surface area contributed by atoms with Gasteiger partial charge < -0.3 is 16.8 Å². The van der Waals surface area contributed by atoms with Gasteiger partial charge in [0.05, 0.1) is 10.7 Å². The SMILES string of the molecule is Nc1ccc(CNc2ccc(N)cc2Cl)cc1. The van der Waals surface area contributed by atoms with Gasteiger partial charge in [-0.3, -0.25) is 0 Å². The maximum absolute atomic E-state index is 6.06. The van der Waals surface area contributed by atoms with Crippen molar-refractivity contribution in [2.75, 3.05) is 16.8 Å². The second-order valence-electron chi connectivity index (χ2n) is 3.83. The summed E-state index contributed by atoms with van der Waals surface area (Å²) < 4.78 is 0. The Morgan fingerprint density at radius 1 is 0.941 bits per heavy atom. The fourth-order valence-corrected chi connectivity index (χ4v) is 1.76. The molecule has 0 aliphatic rings. The molecule has 0 aliphatic heterocycles. The first-order valence-corrected chi connectivity index (χ1v) is 5.66. The number of nitrogens with two attached hydrogens (primary N) is 2. The lowest BCUT2D eigenvalue weighted by molar-refractivity contribution is 1.15. The number of nitrogens with one attached hydrogen (secondary N) is 1. The average Bonchev–Trinajstić information content (AvgIpc) is 2.30. The van der Waals surface area contributed by atoms with E-state index in [0.29, 0.717) is 17.3 Å². The van der Waals surface area contributed by atoms with E-state index in [2.05, 4.69) is 5.32 Å². The minimum absolute atomic E-state index is 0.625. The molecule has 0 bridgehead atoms. The summed E-state index contributed by atoms with van der Waals surface area (Å²) in [4.78, 5) is 0. The van der Waals surface area contributed by atoms with Crippen LogP contribution in [0.2, 0.25) is 5.02 Å². The summed E-state index contributed by atoms with van der Waals surface area (Å²) in [6.07, 6.45) is 0. The van der Waals surface area contributed by atoms with Crippen molar-refractivity contribution in [2.45, 2.75) is 6.54 Å². The van der Waals surface area contributed by atoms with Crippen LogP contribution in [0.4, 0.5) is 17.1 Å². The maximum Gasteiger partial charge on any atom is 0.0658 e. The molecule has 0 atom stereocenters. The van der Waals surface area contributed by atoms with E-state index in [1.807, 2.05) is 36.4 Å². The fourth-order valence-electron chi connectivity index (χ4n) is 1.51. The van der Waals surface area contributed by atoms with E-state index < -0.39 is 0 Å². The number of hydrogen-bond acceptors (Lipinski definition) is 3. The predicted molar refractivity (Wildman–Crippen MR) is 74.0 cm³/mol. The average molecular weight is 248 g/mol. The Morgan fingerprint density at radius 2 is 1.59 bits per heavy atom. The van der Waals surface area contributed by atoms with Crippen LogP contribution < -0.4 is 16.8 Å². The first-order chi connectivity index (χ1) is 8.15. The third-order valence-corrected chi connectivity index (χ3v) is 2.77. The van der Waals surface area contributed by atoms with Crippen molar-refractivity contribution in [2.24, 2.45) is 0 Å². The summed E-state index contributed by atoms with van der Waals surface area (Å²) in [6.45, 7) is 0.698. The summed E-state index contributed by atoms with van der Waals surface area (Å²) in [5.41, 5.74) is 14.7. The zero-order chi connectivity index (χ0) is 12.3. The highest BCUT2D eigenvalue weighted by Gasteiger charge is 2.00. The molecule has 0 saturated carbocycles. The lowest BCUT2D eigenvalue weighted by atomic mass is 10.2. The van der Waals surface area contributed by atoms with E-state index in [-0.39, 0.29) is 0 Å². The van der Waals surface area contributed by atoms with E-state index in [1.165, 1.54) is 0 Å². The number of nitrogen functional groups attached to an aromatic ring is 2. The lowest BCUT2D eigenvalue weighted by Gasteiger charge is -2.09. The molecule has 88 valence electrons. The van der Waals surface area contributed by atoms with Gasteiger partial charge in [-0.2, -0.15) is 0 Å². The van der Waals surface area contributed by atoms with Crippen molar-refractivity contribution in [1.82, 2.24) is 0 Å². The van der Waals surface area contributed by atoms with Crippen LogP contribution in [0.5, 0.6) is 0 Å². The Morgan fingerprint density at radius 3 is 2.24 bits per heavy atom. The summed E-state index contributed by atoms with van der Waals surface area (Å²) in [5.74, 6) is 0. The number of hydrogen-bond donors (Lipinski definition) is 3. The highest BCUT2D eigenvalue weighted by Crippen LogP contribution is 2.24. The van der Waals surface area contributed by atoms with Crippen molar-refractivity contribution in [3.8, 4) is 0 Å². The second kappa shape index (κ2) is 4.97. The fraction of sp³-hybridized carbons (Fsp3) is 0.0769. The topological polar surface area (TPSA) is 64.1 Å². The van der Waals surface area contributed by atoms with Gasteiger partial charge in [0.25, 0.3) is 0 Å². The van der Waals surface area contributed by atoms with Crippen LogP contribution in [0.15, 0.2) is 42.5 Å². The molecule has 0 radical (unpaired) electrons. The standard InChI is InChI=1S/C13H14ClN3/c14-12-7-11(16)5-6-13(12)17-8-9-1-3-10(15)4-2-9/h1-7,17H,8,15-16H2. The molecule has 3 nitrogen and oxygen atoms in total. The van der Waals surface area contributed by atoms with E-state index >= 15 is 0 Å². The van der Waals surface area contributed by atoms with Crippen LogP contribution in [-0.2, 0) is 6.54 Å². The Bertz CT molecular complexity index is 509. The molecule has 4 heteroatoms. The van der Waals surface area contributed by atoms with Crippen LogP contribution >= 0.6 is 11.6 Å². The van der Waals surface area contributed by atoms with Crippen LogP contribution in [-0.4, -0.2) is 0 Å². The van der Waals surface area contributed by atoms with Gasteiger partial charge in [-0.25, -0.2) is 0 Å². The van der Waals surface area contributed by atoms with E-state index in [4.69, 9.17) is 23.1 Å². The highest BCUT2D eigenvalue weighted by molar-refractivity contribution is 6.33. The maximum atomic E-state index is 6.06. The van der Waals surface area contributed by atoms with E-state index in [1.54, 1.807) is 6.07 Å². The van der Waals surface area contributed by atoms with Gasteiger partial charge in [0.15, 0.2) is 0 Å². The minimum atomic E-state index is 0.625. The Hall–Kier alpha value is -1.87. The van der Waals surface area contributed by atoms with E-state index in [0.717, 1.165) is 16.9 Å². The quantitative estimate of drug-likeness (QED) is 0.731. The summed E-state index contributed by atoms with van der Waals surface area (Å²) in [7, 11) is 0. The summed E-state index contributed by atoms with van der Waals surface area (Å²) >= 11 is 6.06. The minimum Gasteiger partial charge on any atom is -0.399 e. The highest BCUT2D eigenvalue weighted by atomic mass is 35.5. The van der Waals surface area contributed by atoms with Crippen LogP contribution in [0.3, 0.4) is 0 Å². The van der Waals surface area contributed by atoms with Gasteiger partial charge in [0.2, 0.25) is 0 Å². The first kappa shape index (κ1) is 11.6. The normalized spacial score (nSPS) is 10.2. The van der Waals surface area contributed by atoms with E-state index in [9.17, 15) is 0 Å². The summed E-state index contributed by atoms with van der Waals surface area (Å²) in [6, 6.07) is 13.1. The molecule has 0 aliphatic carbocycles. The largest absolute Gasteiger partial charge is 0.399 e. The van der Waals surface area contributed by atoms with Crippen molar-refractivity contribution in [3.05, 3.63) is 53.1 Å². The third kappa shape index (κ3) is 3.04. The van der Waals surface area contributed by atoms with Crippen LogP contribution in [0, 0.1) is 0 Å². The Kier molecular flexibility index (Phi) is 3.40. The molecule has 17 heavy (non-hydrogen) atoms. The molecule has 0 fully saturated rings. The molecular formula is C13H14ClN3. The first-order valence-electron chi connectivity index (χ1n) is 5.28.